The van der Waals surface area contributed by atoms with Crippen molar-refractivity contribution in [1.82, 2.24) is 10.2 Å². The molecule has 0 aromatic carbocycles. The second-order valence-corrected chi connectivity index (χ2v) is 9.99. The Morgan fingerprint density at radius 2 is 1.88 bits per heavy atom. The van der Waals surface area contributed by atoms with Crippen molar-refractivity contribution in [3.63, 3.8) is 0 Å². The molecule has 0 aromatic heterocycles. The Labute approximate surface area is 244 Å². The molecule has 8 nitrogen and oxygen atoms in total. The van der Waals surface area contributed by atoms with Gasteiger partial charge in [0, 0.05) is 38.0 Å². The number of carbonyl (C=O) groups excluding carboxylic acids is 2. The van der Waals surface area contributed by atoms with Gasteiger partial charge in [-0.1, -0.05) is 57.7 Å². The molecule has 0 aromatic rings. The van der Waals surface area contributed by atoms with E-state index in [0.717, 1.165) is 88.6 Å². The van der Waals surface area contributed by atoms with Gasteiger partial charge in [-0.15, -0.1) is 0 Å². The summed E-state index contributed by atoms with van der Waals surface area (Å²) in [5.74, 6) is 0.602. The monoisotopic (exact) mass is 560 g/mol. The number of ether oxygens (including phenoxy) is 1. The highest BCUT2D eigenvalue weighted by Crippen LogP contribution is 2.19. The summed E-state index contributed by atoms with van der Waals surface area (Å²) in [6.45, 7) is 23.0. The summed E-state index contributed by atoms with van der Waals surface area (Å²) in [6.07, 6.45) is 14.1. The molecule has 8 heteroatoms. The smallest absolute Gasteiger partial charge is 0.222 e. The number of rotatable bonds is 25. The predicted octanol–water partition coefficient (Wildman–Crippen LogP) is 6.14. The van der Waals surface area contributed by atoms with Gasteiger partial charge in [-0.3, -0.25) is 4.79 Å². The number of carbonyl (C=O) groups is 2. The number of hydrogen-bond donors (Lipinski definition) is 1. The highest BCUT2D eigenvalue weighted by molar-refractivity contribution is 5.85. The maximum Gasteiger partial charge on any atom is 0.222 e. The number of nitrogens with one attached hydrogen (secondary N) is 1. The van der Waals surface area contributed by atoms with Crippen molar-refractivity contribution < 1.29 is 19.2 Å². The van der Waals surface area contributed by atoms with Crippen LogP contribution < -0.4 is 5.32 Å². The number of likely N-dealkylation sites (N-methyl/N-ethyl adjacent to an activating group) is 1. The van der Waals surface area contributed by atoms with Crippen molar-refractivity contribution in [3.8, 4) is 0 Å². The number of unbranched alkanes of at least 4 members (excludes halogenated alkanes) is 2. The quantitative estimate of drug-likeness (QED) is 0.0361. The number of aldehydes is 1. The molecule has 0 aliphatic carbocycles. The molecule has 2 atom stereocenters. The molecule has 0 spiro atoms. The van der Waals surface area contributed by atoms with Crippen LogP contribution in [0.5, 0.6) is 0 Å². The fraction of sp³-hybridized carbons (Fsp3) is 0.688. The lowest BCUT2D eigenvalue weighted by Gasteiger charge is -2.19. The van der Waals surface area contributed by atoms with Gasteiger partial charge >= 0.3 is 0 Å². The van der Waals surface area contributed by atoms with Gasteiger partial charge in [0.1, 0.15) is 12.9 Å². The third kappa shape index (κ3) is 18.7. The molecule has 1 N–H and O–H groups in total. The summed E-state index contributed by atoms with van der Waals surface area (Å²) in [6, 6.07) is 0. The Hall–Kier alpha value is -2.58. The van der Waals surface area contributed by atoms with Gasteiger partial charge < -0.3 is 24.6 Å². The molecule has 2 unspecified atom stereocenters. The fourth-order valence-corrected chi connectivity index (χ4v) is 4.01. The minimum atomic E-state index is -0.0906. The predicted molar refractivity (Wildman–Crippen MR) is 168 cm³/mol. The molecule has 1 amide bonds. The molecule has 0 radical (unpaired) electrons. The van der Waals surface area contributed by atoms with Crippen molar-refractivity contribution in [2.45, 2.75) is 86.0 Å². The third-order valence-electron chi connectivity index (χ3n) is 7.00. The maximum absolute atomic E-state index is 12.4. The summed E-state index contributed by atoms with van der Waals surface area (Å²) in [4.78, 5) is 34.8. The number of hydrogen-bond acceptors (Lipinski definition) is 6. The minimum absolute atomic E-state index is 0.0217. The van der Waals surface area contributed by atoms with Gasteiger partial charge in [-0.2, -0.15) is 0 Å². The summed E-state index contributed by atoms with van der Waals surface area (Å²) in [5, 5.41) is 6.94. The number of oxime groups is 1. The van der Waals surface area contributed by atoms with E-state index in [1.165, 1.54) is 0 Å². The zero-order valence-electron chi connectivity index (χ0n) is 26.0. The van der Waals surface area contributed by atoms with Crippen LogP contribution in [-0.2, 0) is 19.2 Å². The molecule has 0 fully saturated rings. The normalized spacial score (nSPS) is 13.8. The zero-order chi connectivity index (χ0) is 30.0. The first-order valence-electron chi connectivity index (χ1n) is 15.1. The van der Waals surface area contributed by atoms with Gasteiger partial charge in [-0.25, -0.2) is 4.99 Å². The van der Waals surface area contributed by atoms with Crippen molar-refractivity contribution in [2.24, 2.45) is 22.0 Å². The Kier molecular flexibility index (Phi) is 23.8. The molecule has 0 aliphatic rings. The highest BCUT2D eigenvalue weighted by Gasteiger charge is 2.14. The van der Waals surface area contributed by atoms with Crippen molar-refractivity contribution in [2.75, 3.05) is 46.0 Å². The van der Waals surface area contributed by atoms with E-state index in [2.05, 4.69) is 46.7 Å². The number of amides is 1. The molecular formula is C32H56N4O4. The average molecular weight is 561 g/mol. The SMILES string of the molecule is C=N/C(CC)=N\OCCN(CC)CCCCCOC/C=C\C(=C)/C(=C/C)CCC(C)C(=O)NCCC(C=O)CC. The molecule has 40 heavy (non-hydrogen) atoms. The van der Waals surface area contributed by atoms with E-state index in [0.29, 0.717) is 32.0 Å². The van der Waals surface area contributed by atoms with Crippen LogP contribution in [0.1, 0.15) is 86.0 Å². The lowest BCUT2D eigenvalue weighted by molar-refractivity contribution is -0.124. The molecule has 0 aliphatic heterocycles. The van der Waals surface area contributed by atoms with Crippen molar-refractivity contribution in [1.29, 1.82) is 0 Å². The number of amidine groups is 1. The van der Waals surface area contributed by atoms with Crippen molar-refractivity contribution in [3.05, 3.63) is 36.0 Å². The van der Waals surface area contributed by atoms with E-state index in [1.807, 2.05) is 39.8 Å². The number of allylic oxidation sites excluding steroid dienone is 4. The van der Waals surface area contributed by atoms with Gasteiger partial charge in [0.2, 0.25) is 5.91 Å². The molecule has 0 rings (SSSR count). The highest BCUT2D eigenvalue weighted by atomic mass is 16.6. The van der Waals surface area contributed by atoms with E-state index in [9.17, 15) is 9.59 Å². The van der Waals surface area contributed by atoms with Crippen LogP contribution in [0.15, 0.2) is 46.1 Å². The van der Waals surface area contributed by atoms with Crippen LogP contribution in [-0.4, -0.2) is 75.6 Å². The average Bonchev–Trinajstić information content (AvgIpc) is 2.97. The van der Waals surface area contributed by atoms with Gasteiger partial charge in [-0.05, 0) is 82.8 Å². The van der Waals surface area contributed by atoms with Gasteiger partial charge in [0.25, 0.3) is 0 Å². The standard InChI is InChI=1S/C32H56N4O4/c1-8-29(26-37)19-20-34-32(38)28(6)17-18-30(9-2)27(5)16-15-24-39-23-14-12-13-21-36(11-4)22-25-40-35-31(10-3)33-7/h9,15-16,26,28-29H,5,7-8,10-14,17-25H2,1-4,6H3,(H,34,38)/b16-15-,30-9+,35-31-. The van der Waals surface area contributed by atoms with Gasteiger partial charge in [0.05, 0.1) is 6.61 Å². The Morgan fingerprint density at radius 3 is 2.50 bits per heavy atom. The largest absolute Gasteiger partial charge is 0.393 e. The van der Waals surface area contributed by atoms with E-state index >= 15 is 0 Å². The summed E-state index contributed by atoms with van der Waals surface area (Å²) >= 11 is 0. The van der Waals surface area contributed by atoms with Crippen LogP contribution in [0, 0.1) is 11.8 Å². The molecule has 228 valence electrons. The van der Waals surface area contributed by atoms with Crippen molar-refractivity contribution >= 4 is 24.7 Å². The first-order valence-corrected chi connectivity index (χ1v) is 15.1. The number of aliphatic imine (C=N–C) groups is 1. The Morgan fingerprint density at radius 1 is 1.10 bits per heavy atom. The topological polar surface area (TPSA) is 92.6 Å². The van der Waals surface area contributed by atoms with Crippen LogP contribution in [0.2, 0.25) is 0 Å². The van der Waals surface area contributed by atoms with E-state index in [1.54, 1.807) is 0 Å². The molecule has 0 saturated heterocycles. The molecule has 0 heterocycles. The van der Waals surface area contributed by atoms with Crippen LogP contribution >= 0.6 is 0 Å². The van der Waals surface area contributed by atoms with Crippen LogP contribution in [0.4, 0.5) is 0 Å². The van der Waals surface area contributed by atoms with E-state index < -0.39 is 0 Å². The second kappa shape index (κ2) is 25.4. The van der Waals surface area contributed by atoms with E-state index in [-0.39, 0.29) is 17.7 Å². The lowest BCUT2D eigenvalue weighted by atomic mass is 9.96. The third-order valence-corrected chi connectivity index (χ3v) is 7.00. The first-order chi connectivity index (χ1) is 19.4. The summed E-state index contributed by atoms with van der Waals surface area (Å²) in [7, 11) is 0. The summed E-state index contributed by atoms with van der Waals surface area (Å²) < 4.78 is 5.77. The molecular weight excluding hydrogens is 504 g/mol. The summed E-state index contributed by atoms with van der Waals surface area (Å²) in [5.41, 5.74) is 2.10. The van der Waals surface area contributed by atoms with Gasteiger partial charge in [0.15, 0.2) is 5.84 Å². The maximum atomic E-state index is 12.4. The molecule has 0 saturated carbocycles. The Bertz CT molecular complexity index is 807. The minimum Gasteiger partial charge on any atom is -0.393 e. The molecule has 0 bridgehead atoms. The van der Waals surface area contributed by atoms with Crippen LogP contribution in [0.25, 0.3) is 0 Å². The van der Waals surface area contributed by atoms with E-state index in [4.69, 9.17) is 9.57 Å². The lowest BCUT2D eigenvalue weighted by Crippen LogP contribution is -2.31. The number of nitrogens with zero attached hydrogens (tertiary/aromatic N) is 3. The van der Waals surface area contributed by atoms with Crippen LogP contribution in [0.3, 0.4) is 0 Å². The Balaban J connectivity index is 4.06. The first kappa shape index (κ1) is 37.4. The zero-order valence-corrected chi connectivity index (χ0v) is 26.0. The fourth-order valence-electron chi connectivity index (χ4n) is 4.01. The second-order valence-electron chi connectivity index (χ2n) is 9.99.